The molecule has 5 nitrogen and oxygen atoms in total. The molecule has 0 unspecified atom stereocenters. The number of anilines is 2. The van der Waals surface area contributed by atoms with E-state index in [4.69, 9.17) is 11.6 Å². The number of benzene rings is 1. The molecule has 2 heterocycles. The van der Waals surface area contributed by atoms with Gasteiger partial charge >= 0.3 is 0 Å². The van der Waals surface area contributed by atoms with Crippen molar-refractivity contribution in [3.63, 3.8) is 0 Å². The van der Waals surface area contributed by atoms with Crippen LogP contribution < -0.4 is 9.80 Å². The van der Waals surface area contributed by atoms with E-state index in [1.807, 2.05) is 30.1 Å². The van der Waals surface area contributed by atoms with Crippen LogP contribution in [0.1, 0.15) is 30.9 Å². The standard InChI is InChI=1S/C23H29ClN4O/c1-16-8-6-7-9-22(16)26(4)17(2)20-14-23(25-15-21(20)24)27(5)19-10-12-28(13-11-19)18(3)29/h6-9,14-15,19H,2,10-13H2,1,3-5H3. The van der Waals surface area contributed by atoms with Gasteiger partial charge in [-0.3, -0.25) is 4.79 Å². The Bertz CT molecular complexity index is 906. The van der Waals surface area contributed by atoms with Crippen LogP contribution in [0.4, 0.5) is 11.5 Å². The summed E-state index contributed by atoms with van der Waals surface area (Å²) in [6.07, 6.45) is 3.56. The van der Waals surface area contributed by atoms with Crippen molar-refractivity contribution in [2.24, 2.45) is 0 Å². The number of amides is 1. The van der Waals surface area contributed by atoms with Gasteiger partial charge in [0, 0.05) is 63.3 Å². The molecular weight excluding hydrogens is 384 g/mol. The summed E-state index contributed by atoms with van der Waals surface area (Å²) in [6.45, 7) is 9.58. The van der Waals surface area contributed by atoms with E-state index < -0.39 is 0 Å². The zero-order valence-electron chi connectivity index (χ0n) is 17.7. The fraction of sp³-hybridized carbons (Fsp3) is 0.391. The molecule has 0 spiro atoms. The molecule has 0 atom stereocenters. The Balaban J connectivity index is 1.80. The third kappa shape index (κ3) is 4.56. The molecule has 0 radical (unpaired) electrons. The zero-order valence-corrected chi connectivity index (χ0v) is 18.4. The van der Waals surface area contributed by atoms with Gasteiger partial charge in [-0.2, -0.15) is 0 Å². The van der Waals surface area contributed by atoms with Gasteiger partial charge in [-0.15, -0.1) is 0 Å². The number of hydrogen-bond acceptors (Lipinski definition) is 4. The number of aromatic nitrogens is 1. The van der Waals surface area contributed by atoms with Gasteiger partial charge in [0.1, 0.15) is 5.82 Å². The lowest BCUT2D eigenvalue weighted by Crippen LogP contribution is -2.45. The Kier molecular flexibility index (Phi) is 6.48. The number of hydrogen-bond donors (Lipinski definition) is 0. The van der Waals surface area contributed by atoms with Crippen LogP contribution in [0.25, 0.3) is 5.70 Å². The summed E-state index contributed by atoms with van der Waals surface area (Å²) in [7, 11) is 4.06. The first-order chi connectivity index (χ1) is 13.8. The van der Waals surface area contributed by atoms with Crippen LogP contribution in [-0.4, -0.2) is 49.0 Å². The van der Waals surface area contributed by atoms with Gasteiger partial charge in [0.05, 0.1) is 5.02 Å². The van der Waals surface area contributed by atoms with Crippen molar-refractivity contribution in [3.8, 4) is 0 Å². The molecule has 1 aromatic heterocycles. The summed E-state index contributed by atoms with van der Waals surface area (Å²) in [6, 6.07) is 10.6. The average molecular weight is 413 g/mol. The van der Waals surface area contributed by atoms with Crippen LogP contribution in [0, 0.1) is 6.92 Å². The number of halogens is 1. The second-order valence-corrected chi connectivity index (χ2v) is 8.07. The van der Waals surface area contributed by atoms with Crippen LogP contribution >= 0.6 is 11.6 Å². The maximum absolute atomic E-state index is 11.6. The second kappa shape index (κ2) is 8.87. The number of para-hydroxylation sites is 1. The first kappa shape index (κ1) is 21.2. The van der Waals surface area contributed by atoms with E-state index in [1.165, 1.54) is 5.56 Å². The molecule has 0 bridgehead atoms. The first-order valence-corrected chi connectivity index (χ1v) is 10.3. The monoisotopic (exact) mass is 412 g/mol. The van der Waals surface area contributed by atoms with Crippen LogP contribution in [0.2, 0.25) is 5.02 Å². The third-order valence-electron chi connectivity index (χ3n) is 5.85. The summed E-state index contributed by atoms with van der Waals surface area (Å²) in [5.41, 5.74) is 3.97. The molecule has 0 aliphatic carbocycles. The van der Waals surface area contributed by atoms with E-state index in [-0.39, 0.29) is 5.91 Å². The van der Waals surface area contributed by atoms with Gasteiger partial charge in [0.15, 0.2) is 0 Å². The lowest BCUT2D eigenvalue weighted by Gasteiger charge is -2.37. The topological polar surface area (TPSA) is 39.7 Å². The minimum Gasteiger partial charge on any atom is -0.357 e. The van der Waals surface area contributed by atoms with Crippen molar-refractivity contribution in [1.82, 2.24) is 9.88 Å². The molecule has 154 valence electrons. The van der Waals surface area contributed by atoms with E-state index in [1.54, 1.807) is 13.1 Å². The highest BCUT2D eigenvalue weighted by Crippen LogP contribution is 2.32. The normalized spacial score (nSPS) is 14.6. The highest BCUT2D eigenvalue weighted by atomic mass is 35.5. The number of carbonyl (C=O) groups excluding carboxylic acids is 1. The van der Waals surface area contributed by atoms with E-state index in [0.29, 0.717) is 11.1 Å². The maximum Gasteiger partial charge on any atom is 0.219 e. The Morgan fingerprint density at radius 3 is 2.52 bits per heavy atom. The summed E-state index contributed by atoms with van der Waals surface area (Å²) in [5.74, 6) is 1.01. The van der Waals surface area contributed by atoms with Crippen molar-refractivity contribution < 1.29 is 4.79 Å². The van der Waals surface area contributed by atoms with Gasteiger partial charge in [-0.25, -0.2) is 4.98 Å². The second-order valence-electron chi connectivity index (χ2n) is 7.66. The molecule has 29 heavy (non-hydrogen) atoms. The number of likely N-dealkylation sites (tertiary alicyclic amines) is 1. The number of nitrogens with zero attached hydrogens (tertiary/aromatic N) is 4. The van der Waals surface area contributed by atoms with Crippen LogP contribution in [0.5, 0.6) is 0 Å². The van der Waals surface area contributed by atoms with Crippen LogP contribution in [-0.2, 0) is 4.79 Å². The van der Waals surface area contributed by atoms with Crippen LogP contribution in [0.3, 0.4) is 0 Å². The highest BCUT2D eigenvalue weighted by molar-refractivity contribution is 6.32. The fourth-order valence-corrected chi connectivity index (χ4v) is 4.08. The SMILES string of the molecule is C=C(c1cc(N(C)C2CCN(C(C)=O)CC2)ncc1Cl)N(C)c1ccccc1C. The molecule has 1 aliphatic rings. The van der Waals surface area contributed by atoms with Crippen molar-refractivity contribution in [2.45, 2.75) is 32.7 Å². The van der Waals surface area contributed by atoms with Crippen molar-refractivity contribution in [1.29, 1.82) is 0 Å². The molecule has 3 rings (SSSR count). The zero-order chi connectivity index (χ0) is 21.1. The molecule has 0 saturated carbocycles. The number of piperidine rings is 1. The Labute approximate surface area is 178 Å². The Hall–Kier alpha value is -2.53. The molecule has 1 aromatic carbocycles. The number of rotatable bonds is 5. The first-order valence-electron chi connectivity index (χ1n) is 9.92. The van der Waals surface area contributed by atoms with Crippen LogP contribution in [0.15, 0.2) is 43.1 Å². The number of aryl methyl sites for hydroxylation is 1. The van der Waals surface area contributed by atoms with Gasteiger partial charge < -0.3 is 14.7 Å². The summed E-state index contributed by atoms with van der Waals surface area (Å²) >= 11 is 6.49. The molecule has 6 heteroatoms. The average Bonchev–Trinajstić information content (AvgIpc) is 2.73. The number of pyridine rings is 1. The van der Waals surface area contributed by atoms with Crippen molar-refractivity contribution >= 4 is 34.7 Å². The van der Waals surface area contributed by atoms with Gasteiger partial charge in [0.2, 0.25) is 5.91 Å². The molecule has 0 N–H and O–H groups in total. The lowest BCUT2D eigenvalue weighted by molar-refractivity contribution is -0.129. The Morgan fingerprint density at radius 2 is 1.90 bits per heavy atom. The molecule has 1 fully saturated rings. The molecular formula is C23H29ClN4O. The quantitative estimate of drug-likeness (QED) is 0.719. The lowest BCUT2D eigenvalue weighted by atomic mass is 10.0. The summed E-state index contributed by atoms with van der Waals surface area (Å²) in [4.78, 5) is 22.3. The van der Waals surface area contributed by atoms with Gasteiger partial charge in [0.25, 0.3) is 0 Å². The summed E-state index contributed by atoms with van der Waals surface area (Å²) < 4.78 is 0. The van der Waals surface area contributed by atoms with Crippen molar-refractivity contribution in [3.05, 3.63) is 59.3 Å². The summed E-state index contributed by atoms with van der Waals surface area (Å²) in [5, 5.41) is 0.582. The van der Waals surface area contributed by atoms with E-state index in [2.05, 4.69) is 47.5 Å². The predicted molar refractivity (Wildman–Crippen MR) is 122 cm³/mol. The van der Waals surface area contributed by atoms with E-state index >= 15 is 0 Å². The molecule has 1 aliphatic heterocycles. The predicted octanol–water partition coefficient (Wildman–Crippen LogP) is 4.60. The third-order valence-corrected chi connectivity index (χ3v) is 6.15. The minimum absolute atomic E-state index is 0.147. The minimum atomic E-state index is 0.147. The fourth-order valence-electron chi connectivity index (χ4n) is 3.86. The van der Waals surface area contributed by atoms with Gasteiger partial charge in [-0.05, 0) is 37.5 Å². The maximum atomic E-state index is 11.6. The number of carbonyl (C=O) groups is 1. The highest BCUT2D eigenvalue weighted by Gasteiger charge is 2.25. The van der Waals surface area contributed by atoms with E-state index in [0.717, 1.165) is 48.7 Å². The molecule has 1 saturated heterocycles. The molecule has 1 amide bonds. The smallest absolute Gasteiger partial charge is 0.219 e. The van der Waals surface area contributed by atoms with Gasteiger partial charge in [-0.1, -0.05) is 36.4 Å². The Morgan fingerprint density at radius 1 is 1.24 bits per heavy atom. The van der Waals surface area contributed by atoms with E-state index in [9.17, 15) is 4.79 Å². The van der Waals surface area contributed by atoms with Crippen molar-refractivity contribution in [2.75, 3.05) is 37.0 Å². The molecule has 2 aromatic rings. The largest absolute Gasteiger partial charge is 0.357 e.